The fourth-order valence-electron chi connectivity index (χ4n) is 2.91. The maximum atomic E-state index is 5.55. The second-order valence-electron chi connectivity index (χ2n) is 4.42. The van der Waals surface area contributed by atoms with Crippen LogP contribution in [0.2, 0.25) is 0 Å². The van der Waals surface area contributed by atoms with Crippen molar-refractivity contribution >= 4 is 0 Å². The molecule has 0 heterocycles. The zero-order valence-corrected chi connectivity index (χ0v) is 8.67. The van der Waals surface area contributed by atoms with Crippen LogP contribution in [0.5, 0.6) is 0 Å². The summed E-state index contributed by atoms with van der Waals surface area (Å²) in [5.41, 5.74) is 0. The highest BCUT2D eigenvalue weighted by atomic mass is 16.7. The quantitative estimate of drug-likeness (QED) is 0.624. The normalized spacial score (nSPS) is 26.3. The average Bonchev–Trinajstić information content (AvgIpc) is 2.76. The molecule has 0 aromatic heterocycles. The third-order valence-electron chi connectivity index (χ3n) is 3.58. The van der Waals surface area contributed by atoms with Gasteiger partial charge in [0.05, 0.1) is 7.11 Å². The van der Waals surface area contributed by atoms with E-state index in [1.54, 1.807) is 0 Å². The fourth-order valence-corrected chi connectivity index (χ4v) is 2.91. The third-order valence-corrected chi connectivity index (χ3v) is 3.58. The molecule has 2 fully saturated rings. The summed E-state index contributed by atoms with van der Waals surface area (Å²) in [6.45, 7) is 0. The lowest BCUT2D eigenvalue weighted by Gasteiger charge is -2.31. The van der Waals surface area contributed by atoms with Crippen LogP contribution < -0.4 is 0 Å². The molecule has 2 nitrogen and oxygen atoms in total. The van der Waals surface area contributed by atoms with Gasteiger partial charge in [-0.1, -0.05) is 25.7 Å². The van der Waals surface area contributed by atoms with E-state index in [0.29, 0.717) is 0 Å². The van der Waals surface area contributed by atoms with Gasteiger partial charge in [-0.25, -0.2) is 0 Å². The zero-order chi connectivity index (χ0) is 9.10. The van der Waals surface area contributed by atoms with Gasteiger partial charge in [0.1, 0.15) is 0 Å². The van der Waals surface area contributed by atoms with Crippen LogP contribution in [0.25, 0.3) is 0 Å². The monoisotopic (exact) mass is 183 g/mol. The molecule has 0 saturated heterocycles. The highest BCUT2D eigenvalue weighted by Crippen LogP contribution is 2.31. The summed E-state index contributed by atoms with van der Waals surface area (Å²) in [5.74, 6) is 0. The molecule has 2 aliphatic rings. The van der Waals surface area contributed by atoms with Crippen LogP contribution in [-0.4, -0.2) is 24.3 Å². The second kappa shape index (κ2) is 4.43. The van der Waals surface area contributed by atoms with Crippen LogP contribution in [0, 0.1) is 0 Å². The van der Waals surface area contributed by atoms with Crippen LogP contribution in [0.1, 0.15) is 51.4 Å². The molecule has 76 valence electrons. The van der Waals surface area contributed by atoms with Gasteiger partial charge in [-0.15, -0.1) is 0 Å². The van der Waals surface area contributed by atoms with Gasteiger partial charge in [-0.3, -0.25) is 0 Å². The van der Waals surface area contributed by atoms with E-state index < -0.39 is 0 Å². The minimum Gasteiger partial charge on any atom is -0.302 e. The standard InChI is InChI=1S/C11H21NO/c1-13-12(10-6-2-3-7-10)11-8-4-5-9-11/h10-11H,2-9H2,1H3. The van der Waals surface area contributed by atoms with E-state index in [-0.39, 0.29) is 0 Å². The van der Waals surface area contributed by atoms with E-state index in [4.69, 9.17) is 4.84 Å². The van der Waals surface area contributed by atoms with Crippen LogP contribution in [-0.2, 0) is 4.84 Å². The lowest BCUT2D eigenvalue weighted by atomic mass is 10.1. The van der Waals surface area contributed by atoms with Gasteiger partial charge >= 0.3 is 0 Å². The second-order valence-corrected chi connectivity index (χ2v) is 4.42. The molecule has 2 heteroatoms. The van der Waals surface area contributed by atoms with Gasteiger partial charge < -0.3 is 4.84 Å². The van der Waals surface area contributed by atoms with Gasteiger partial charge in [0, 0.05) is 12.1 Å². The van der Waals surface area contributed by atoms with Crippen molar-refractivity contribution < 1.29 is 4.84 Å². The summed E-state index contributed by atoms with van der Waals surface area (Å²) in [6.07, 6.45) is 11.0. The van der Waals surface area contributed by atoms with E-state index in [1.165, 1.54) is 51.4 Å². The molecule has 0 spiro atoms. The molecular formula is C11H21NO. The van der Waals surface area contributed by atoms with Crippen molar-refractivity contribution in [3.05, 3.63) is 0 Å². The Balaban J connectivity index is 1.90. The Morgan fingerprint density at radius 3 is 1.54 bits per heavy atom. The molecule has 2 rings (SSSR count). The molecule has 2 saturated carbocycles. The van der Waals surface area contributed by atoms with E-state index in [1.807, 2.05) is 7.11 Å². The van der Waals surface area contributed by atoms with E-state index >= 15 is 0 Å². The van der Waals surface area contributed by atoms with E-state index in [0.717, 1.165) is 12.1 Å². The number of nitrogens with zero attached hydrogens (tertiary/aromatic N) is 1. The maximum absolute atomic E-state index is 5.55. The van der Waals surface area contributed by atoms with Gasteiger partial charge in [-0.2, -0.15) is 5.06 Å². The SMILES string of the molecule is CON(C1CCCC1)C1CCCC1. The lowest BCUT2D eigenvalue weighted by Crippen LogP contribution is -2.39. The molecule has 0 N–H and O–H groups in total. The molecule has 0 aromatic carbocycles. The Hall–Kier alpha value is -0.0800. The highest BCUT2D eigenvalue weighted by molar-refractivity contribution is 4.81. The van der Waals surface area contributed by atoms with Crippen molar-refractivity contribution in [2.24, 2.45) is 0 Å². The smallest absolute Gasteiger partial charge is 0.0575 e. The van der Waals surface area contributed by atoms with Crippen molar-refractivity contribution in [3.63, 3.8) is 0 Å². The highest BCUT2D eigenvalue weighted by Gasteiger charge is 2.30. The van der Waals surface area contributed by atoms with Crippen molar-refractivity contribution in [3.8, 4) is 0 Å². The number of rotatable bonds is 3. The van der Waals surface area contributed by atoms with Crippen molar-refractivity contribution in [1.82, 2.24) is 5.06 Å². The van der Waals surface area contributed by atoms with Crippen LogP contribution in [0.15, 0.2) is 0 Å². The first kappa shape index (κ1) is 9.47. The number of hydrogen-bond acceptors (Lipinski definition) is 2. The summed E-state index contributed by atoms with van der Waals surface area (Å²) in [4.78, 5) is 5.55. The molecular weight excluding hydrogens is 162 g/mol. The summed E-state index contributed by atoms with van der Waals surface area (Å²) >= 11 is 0. The third kappa shape index (κ3) is 2.05. The van der Waals surface area contributed by atoms with Gasteiger partial charge in [0.25, 0.3) is 0 Å². The summed E-state index contributed by atoms with van der Waals surface area (Å²) < 4.78 is 0. The van der Waals surface area contributed by atoms with Gasteiger partial charge in [-0.05, 0) is 25.7 Å². The number of hydrogen-bond donors (Lipinski definition) is 0. The van der Waals surface area contributed by atoms with Crippen molar-refractivity contribution in [2.75, 3.05) is 7.11 Å². The predicted octanol–water partition coefficient (Wildman–Crippen LogP) is 2.74. The molecule has 0 unspecified atom stereocenters. The molecule has 0 amide bonds. The minimum absolute atomic E-state index is 0.730. The molecule has 13 heavy (non-hydrogen) atoms. The number of hydroxylamine groups is 2. The Bertz CT molecular complexity index is 132. The summed E-state index contributed by atoms with van der Waals surface area (Å²) in [7, 11) is 1.84. The van der Waals surface area contributed by atoms with Gasteiger partial charge in [0.2, 0.25) is 0 Å². The topological polar surface area (TPSA) is 12.5 Å². The van der Waals surface area contributed by atoms with E-state index in [9.17, 15) is 0 Å². The van der Waals surface area contributed by atoms with Crippen LogP contribution >= 0.6 is 0 Å². The first-order valence-corrected chi connectivity index (χ1v) is 5.74. The molecule has 0 aliphatic heterocycles. The molecule has 0 aromatic rings. The van der Waals surface area contributed by atoms with Crippen molar-refractivity contribution in [1.29, 1.82) is 0 Å². The largest absolute Gasteiger partial charge is 0.302 e. The molecule has 0 radical (unpaired) electrons. The molecule has 0 atom stereocenters. The van der Waals surface area contributed by atoms with Gasteiger partial charge in [0.15, 0.2) is 0 Å². The zero-order valence-electron chi connectivity index (χ0n) is 8.67. The molecule has 2 aliphatic carbocycles. The summed E-state index contributed by atoms with van der Waals surface area (Å²) in [5, 5.41) is 2.31. The Morgan fingerprint density at radius 2 is 1.23 bits per heavy atom. The fraction of sp³-hybridized carbons (Fsp3) is 1.00. The first-order valence-electron chi connectivity index (χ1n) is 5.74. The Labute approximate surface area is 81.2 Å². The van der Waals surface area contributed by atoms with Crippen LogP contribution in [0.3, 0.4) is 0 Å². The maximum Gasteiger partial charge on any atom is 0.0575 e. The average molecular weight is 183 g/mol. The molecule has 0 bridgehead atoms. The Morgan fingerprint density at radius 1 is 0.846 bits per heavy atom. The van der Waals surface area contributed by atoms with E-state index in [2.05, 4.69) is 5.06 Å². The minimum atomic E-state index is 0.730. The predicted molar refractivity (Wildman–Crippen MR) is 53.4 cm³/mol. The lowest BCUT2D eigenvalue weighted by molar-refractivity contribution is -0.187. The Kier molecular flexibility index (Phi) is 3.23. The van der Waals surface area contributed by atoms with Crippen molar-refractivity contribution in [2.45, 2.75) is 63.5 Å². The van der Waals surface area contributed by atoms with Crippen LogP contribution in [0.4, 0.5) is 0 Å². The summed E-state index contributed by atoms with van der Waals surface area (Å²) in [6, 6.07) is 1.46. The first-order chi connectivity index (χ1) is 6.42.